The summed E-state index contributed by atoms with van der Waals surface area (Å²) in [5, 5.41) is 19.5. The van der Waals surface area contributed by atoms with Gasteiger partial charge in [0, 0.05) is 0 Å². The van der Waals surface area contributed by atoms with Gasteiger partial charge in [0.2, 0.25) is 0 Å². The van der Waals surface area contributed by atoms with E-state index in [9.17, 15) is 39.0 Å². The van der Waals surface area contributed by atoms with Crippen molar-refractivity contribution in [3.8, 4) is 0 Å². The number of carboxylic acid groups (broad SMARTS) is 2. The first kappa shape index (κ1) is 23.6. The third kappa shape index (κ3) is 9.43. The predicted molar refractivity (Wildman–Crippen MR) is 32.2 cm³/mol. The third-order valence-corrected chi connectivity index (χ3v) is 0.871. The molecule has 0 radical (unpaired) electrons. The largest absolute Gasteiger partial charge is 1.00 e. The fourth-order valence-corrected chi connectivity index (χ4v) is 0.335. The molecule has 0 amide bonds. The minimum Gasteiger partial charge on any atom is -0.539 e. The maximum absolute atomic E-state index is 10.4. The number of carboxylic acids is 2. The van der Waals surface area contributed by atoms with Crippen molar-refractivity contribution in [2.24, 2.45) is 0 Å². The molecule has 0 unspecified atom stereocenters. The quantitative estimate of drug-likeness (QED) is 0.181. The minimum atomic E-state index is -2.42. The zero-order chi connectivity index (χ0) is 12.9. The summed E-state index contributed by atoms with van der Waals surface area (Å²) in [6.45, 7) is 0. The van der Waals surface area contributed by atoms with Crippen LogP contribution in [0.1, 0.15) is 0 Å². The molecule has 0 saturated carbocycles. The number of carbonyl (C=O) groups is 6. The van der Waals surface area contributed by atoms with Crippen molar-refractivity contribution in [2.45, 2.75) is 0 Å². The Hall–Kier alpha value is 0.493. The number of ether oxygens (including phenoxy) is 2. The van der Waals surface area contributed by atoms with Crippen molar-refractivity contribution in [3.63, 3.8) is 0 Å². The Labute approximate surface area is 183 Å². The second kappa shape index (κ2) is 11.3. The summed E-state index contributed by atoms with van der Waals surface area (Å²) in [7, 11) is 0. The van der Waals surface area contributed by atoms with Gasteiger partial charge in [-0.2, -0.15) is 0 Å². The van der Waals surface area contributed by atoms with Gasteiger partial charge in [-0.05, 0) is 0 Å². The van der Waals surface area contributed by atoms with E-state index in [0.29, 0.717) is 0 Å². The SMILES string of the molecule is O=C([O-])C(=O)OC(=O)C(=O)OC(=O)C(=O)[O-].[K+].[K+]. The number of hydrogen-bond acceptors (Lipinski definition) is 10. The first-order chi connectivity index (χ1) is 7.25. The molecule has 0 heterocycles. The van der Waals surface area contributed by atoms with E-state index in [4.69, 9.17) is 0 Å². The number of rotatable bonds is 0. The molecule has 0 saturated heterocycles. The number of aliphatic carboxylic acids is 2. The molecule has 0 aromatic carbocycles. The van der Waals surface area contributed by atoms with E-state index in [1.807, 2.05) is 0 Å². The molecule has 0 aromatic heterocycles. The van der Waals surface area contributed by atoms with Gasteiger partial charge >= 0.3 is 127 Å². The molecule has 0 atom stereocenters. The maximum Gasteiger partial charge on any atom is 1.00 e. The topological polar surface area (TPSA) is 167 Å². The summed E-state index contributed by atoms with van der Waals surface area (Å²) in [6.07, 6.45) is 0. The fourth-order valence-electron chi connectivity index (χ4n) is 0.335. The monoisotopic (exact) mass is 310 g/mol. The minimum absolute atomic E-state index is 0. The molecule has 0 fully saturated rings. The van der Waals surface area contributed by atoms with E-state index in [1.54, 1.807) is 0 Å². The van der Waals surface area contributed by atoms with E-state index in [0.717, 1.165) is 0 Å². The number of hydrogen-bond donors (Lipinski definition) is 0. The molecule has 0 aromatic rings. The Balaban J connectivity index is -0.00000112. The Morgan fingerprint density at radius 3 is 0.944 bits per heavy atom. The Morgan fingerprint density at radius 2 is 0.778 bits per heavy atom. The van der Waals surface area contributed by atoms with Gasteiger partial charge in [0.05, 0.1) is 0 Å². The average molecular weight is 310 g/mol. The average Bonchev–Trinajstić information content (AvgIpc) is 2.16. The van der Waals surface area contributed by atoms with Gasteiger partial charge in [0.15, 0.2) is 11.9 Å². The second-order valence-corrected chi connectivity index (χ2v) is 1.93. The van der Waals surface area contributed by atoms with Crippen LogP contribution in [0.15, 0.2) is 0 Å². The van der Waals surface area contributed by atoms with Crippen LogP contribution in [0.3, 0.4) is 0 Å². The molecule has 0 bridgehead atoms. The molecule has 0 rings (SSSR count). The van der Waals surface area contributed by atoms with Gasteiger partial charge in [-0.25, -0.2) is 19.2 Å². The summed E-state index contributed by atoms with van der Waals surface area (Å²) < 4.78 is 6.55. The normalized spacial score (nSPS) is 7.78. The summed E-state index contributed by atoms with van der Waals surface area (Å²) in [6, 6.07) is 0. The number of esters is 4. The molecular formula is C6K2O10. The summed E-state index contributed by atoms with van der Waals surface area (Å²) in [5.74, 6) is -13.6. The molecule has 18 heavy (non-hydrogen) atoms. The van der Waals surface area contributed by atoms with E-state index in [-0.39, 0.29) is 103 Å². The fraction of sp³-hybridized carbons (Fsp3) is 0. The van der Waals surface area contributed by atoms with Crippen LogP contribution in [0.5, 0.6) is 0 Å². The smallest absolute Gasteiger partial charge is 0.539 e. The third-order valence-electron chi connectivity index (χ3n) is 0.871. The van der Waals surface area contributed by atoms with Crippen LogP contribution in [0.2, 0.25) is 0 Å². The van der Waals surface area contributed by atoms with Gasteiger partial charge in [-0.1, -0.05) is 0 Å². The van der Waals surface area contributed by atoms with Crippen LogP contribution in [0.25, 0.3) is 0 Å². The summed E-state index contributed by atoms with van der Waals surface area (Å²) in [4.78, 5) is 60.6. The molecule has 0 spiro atoms. The van der Waals surface area contributed by atoms with E-state index in [1.165, 1.54) is 0 Å². The Bertz CT molecular complexity index is 361. The van der Waals surface area contributed by atoms with E-state index in [2.05, 4.69) is 9.47 Å². The second-order valence-electron chi connectivity index (χ2n) is 1.93. The van der Waals surface area contributed by atoms with Crippen LogP contribution in [-0.2, 0) is 38.2 Å². The van der Waals surface area contributed by atoms with Gasteiger partial charge in [0.25, 0.3) is 0 Å². The molecule has 12 heteroatoms. The van der Waals surface area contributed by atoms with Crippen molar-refractivity contribution < 1.29 is 151 Å². The number of carbonyl (C=O) groups excluding carboxylic acids is 6. The molecule has 0 aliphatic rings. The molecule has 0 aliphatic heterocycles. The van der Waals surface area contributed by atoms with Crippen molar-refractivity contribution in [1.29, 1.82) is 0 Å². The summed E-state index contributed by atoms with van der Waals surface area (Å²) >= 11 is 0. The van der Waals surface area contributed by atoms with Gasteiger partial charge in [-0.15, -0.1) is 0 Å². The van der Waals surface area contributed by atoms with Crippen LogP contribution >= 0.6 is 0 Å². The van der Waals surface area contributed by atoms with E-state index >= 15 is 0 Å². The van der Waals surface area contributed by atoms with Crippen molar-refractivity contribution in [1.82, 2.24) is 0 Å². The van der Waals surface area contributed by atoms with E-state index < -0.39 is 35.8 Å². The maximum atomic E-state index is 10.4. The molecular weight excluding hydrogens is 310 g/mol. The van der Waals surface area contributed by atoms with Gasteiger partial charge < -0.3 is 29.3 Å². The van der Waals surface area contributed by atoms with Gasteiger partial charge in [0.1, 0.15) is 0 Å². The van der Waals surface area contributed by atoms with Crippen LogP contribution < -0.4 is 113 Å². The zero-order valence-corrected chi connectivity index (χ0v) is 15.3. The first-order valence-electron chi connectivity index (χ1n) is 3.20. The predicted octanol–water partition coefficient (Wildman–Crippen LogP) is -11.4. The van der Waals surface area contributed by atoms with Crippen LogP contribution in [0.4, 0.5) is 0 Å². The summed E-state index contributed by atoms with van der Waals surface area (Å²) in [5.41, 5.74) is 0. The molecule has 0 aliphatic carbocycles. The Morgan fingerprint density at radius 1 is 0.556 bits per heavy atom. The van der Waals surface area contributed by atoms with Crippen molar-refractivity contribution in [3.05, 3.63) is 0 Å². The van der Waals surface area contributed by atoms with Crippen molar-refractivity contribution >= 4 is 35.8 Å². The first-order valence-corrected chi connectivity index (χ1v) is 3.20. The molecule has 86 valence electrons. The molecule has 0 N–H and O–H groups in total. The van der Waals surface area contributed by atoms with Gasteiger partial charge in [-0.3, -0.25) is 0 Å². The van der Waals surface area contributed by atoms with Crippen LogP contribution in [0, 0.1) is 0 Å². The Kier molecular flexibility index (Phi) is 14.8. The van der Waals surface area contributed by atoms with Crippen molar-refractivity contribution in [2.75, 3.05) is 0 Å². The zero-order valence-electron chi connectivity index (χ0n) is 9.08. The molecule has 10 nitrogen and oxygen atoms in total. The van der Waals surface area contributed by atoms with Crippen LogP contribution in [-0.4, -0.2) is 35.8 Å². The standard InChI is InChI=1S/C6H2O10.2K/c7-1(8)3(11)15-5(13)6(14)16-4(12)2(9)10;;/h(H,7,8)(H,9,10);;/q;2*+1/p-2.